The van der Waals surface area contributed by atoms with Crippen molar-refractivity contribution in [3.05, 3.63) is 64.2 Å². The second kappa shape index (κ2) is 7.43. The molecule has 3 nitrogen and oxygen atoms in total. The van der Waals surface area contributed by atoms with Crippen LogP contribution in [-0.4, -0.2) is 12.5 Å². The molecule has 0 fully saturated rings. The van der Waals surface area contributed by atoms with Crippen molar-refractivity contribution in [3.8, 4) is 0 Å². The lowest BCUT2D eigenvalue weighted by atomic mass is 10.1. The van der Waals surface area contributed by atoms with Crippen molar-refractivity contribution in [3.63, 3.8) is 0 Å². The summed E-state index contributed by atoms with van der Waals surface area (Å²) in [6, 6.07) is 13.6. The molecule has 0 radical (unpaired) electrons. The van der Waals surface area contributed by atoms with Gasteiger partial charge in [-0.3, -0.25) is 4.79 Å². The Labute approximate surface area is 136 Å². The molecule has 0 saturated carbocycles. The lowest BCUT2D eigenvalue weighted by molar-refractivity contribution is -0.115. The number of hydrogen-bond acceptors (Lipinski definition) is 2. The number of hydrogen-bond donors (Lipinski definition) is 2. The van der Waals surface area contributed by atoms with Gasteiger partial charge in [-0.2, -0.15) is 0 Å². The Morgan fingerprint density at radius 1 is 1.18 bits per heavy atom. The summed E-state index contributed by atoms with van der Waals surface area (Å²) in [5.41, 5.74) is 4.19. The number of rotatable bonds is 5. The molecule has 2 rings (SSSR count). The van der Waals surface area contributed by atoms with E-state index >= 15 is 0 Å². The van der Waals surface area contributed by atoms with Gasteiger partial charge in [-0.15, -0.1) is 0 Å². The molecule has 1 atom stereocenters. The summed E-state index contributed by atoms with van der Waals surface area (Å²) in [4.78, 5) is 12.1. The van der Waals surface area contributed by atoms with Gasteiger partial charge in [-0.05, 0) is 55.7 Å². The molecule has 0 aliphatic heterocycles. The van der Waals surface area contributed by atoms with Gasteiger partial charge in [-0.25, -0.2) is 0 Å². The SMILES string of the molecule is Cc1cccc(NC(=O)CN[C@@H](C)c2cccc(Cl)c2)c1C. The minimum Gasteiger partial charge on any atom is -0.325 e. The predicted molar refractivity (Wildman–Crippen MR) is 92.4 cm³/mol. The lowest BCUT2D eigenvalue weighted by Gasteiger charge is -2.15. The second-order valence-corrected chi connectivity index (χ2v) is 5.89. The first-order valence-electron chi connectivity index (χ1n) is 7.32. The van der Waals surface area contributed by atoms with Crippen LogP contribution >= 0.6 is 11.6 Å². The highest BCUT2D eigenvalue weighted by Crippen LogP contribution is 2.19. The third-order valence-electron chi connectivity index (χ3n) is 3.80. The molecule has 0 spiro atoms. The molecule has 0 aliphatic carbocycles. The molecule has 4 heteroatoms. The Morgan fingerprint density at radius 2 is 1.91 bits per heavy atom. The first kappa shape index (κ1) is 16.5. The Kier molecular flexibility index (Phi) is 5.58. The van der Waals surface area contributed by atoms with Crippen molar-refractivity contribution >= 4 is 23.2 Å². The van der Waals surface area contributed by atoms with Gasteiger partial charge in [0.2, 0.25) is 5.91 Å². The van der Waals surface area contributed by atoms with E-state index in [-0.39, 0.29) is 18.5 Å². The summed E-state index contributed by atoms with van der Waals surface area (Å²) in [7, 11) is 0. The highest BCUT2D eigenvalue weighted by atomic mass is 35.5. The number of benzene rings is 2. The molecule has 1 amide bonds. The Bertz CT molecular complexity index is 670. The average molecular weight is 317 g/mol. The van der Waals surface area contributed by atoms with E-state index in [9.17, 15) is 4.79 Å². The third-order valence-corrected chi connectivity index (χ3v) is 4.03. The zero-order chi connectivity index (χ0) is 16.1. The van der Waals surface area contributed by atoms with Gasteiger partial charge < -0.3 is 10.6 Å². The van der Waals surface area contributed by atoms with Crippen LogP contribution in [0.3, 0.4) is 0 Å². The van der Waals surface area contributed by atoms with E-state index in [2.05, 4.69) is 10.6 Å². The number of carbonyl (C=O) groups is 1. The van der Waals surface area contributed by atoms with Crippen LogP contribution in [0, 0.1) is 13.8 Å². The Balaban J connectivity index is 1.91. The molecule has 0 saturated heterocycles. The fourth-order valence-corrected chi connectivity index (χ4v) is 2.42. The van der Waals surface area contributed by atoms with E-state index < -0.39 is 0 Å². The topological polar surface area (TPSA) is 41.1 Å². The van der Waals surface area contributed by atoms with Gasteiger partial charge >= 0.3 is 0 Å². The molecule has 2 aromatic rings. The highest BCUT2D eigenvalue weighted by molar-refractivity contribution is 6.30. The Morgan fingerprint density at radius 3 is 2.64 bits per heavy atom. The van der Waals surface area contributed by atoms with Crippen molar-refractivity contribution in [2.45, 2.75) is 26.8 Å². The third kappa shape index (κ3) is 4.33. The summed E-state index contributed by atoms with van der Waals surface area (Å²) in [5.74, 6) is -0.0532. The molecule has 0 aromatic heterocycles. The van der Waals surface area contributed by atoms with Crippen LogP contribution in [0.1, 0.15) is 29.7 Å². The molecule has 22 heavy (non-hydrogen) atoms. The van der Waals surface area contributed by atoms with Crippen molar-refractivity contribution < 1.29 is 4.79 Å². The lowest BCUT2D eigenvalue weighted by Crippen LogP contribution is -2.30. The zero-order valence-corrected chi connectivity index (χ0v) is 13.9. The highest BCUT2D eigenvalue weighted by Gasteiger charge is 2.09. The van der Waals surface area contributed by atoms with Gasteiger partial charge in [0.05, 0.1) is 6.54 Å². The fourth-order valence-electron chi connectivity index (χ4n) is 2.22. The number of carbonyl (C=O) groups excluding carboxylic acids is 1. The van der Waals surface area contributed by atoms with Crippen molar-refractivity contribution in [2.24, 2.45) is 0 Å². The largest absolute Gasteiger partial charge is 0.325 e. The van der Waals surface area contributed by atoms with Crippen LogP contribution in [0.2, 0.25) is 5.02 Å². The van der Waals surface area contributed by atoms with E-state index in [1.165, 1.54) is 0 Å². The molecule has 0 unspecified atom stereocenters. The molecule has 0 aliphatic rings. The van der Waals surface area contributed by atoms with Gasteiger partial charge in [-0.1, -0.05) is 35.9 Å². The smallest absolute Gasteiger partial charge is 0.238 e. The standard InChI is InChI=1S/C18H21ClN2O/c1-12-6-4-9-17(13(12)2)21-18(22)11-20-14(3)15-7-5-8-16(19)10-15/h4-10,14,20H,11H2,1-3H3,(H,21,22)/t14-/m0/s1. The zero-order valence-electron chi connectivity index (χ0n) is 13.1. The molecular formula is C18H21ClN2O. The quantitative estimate of drug-likeness (QED) is 0.866. The van der Waals surface area contributed by atoms with Gasteiger partial charge in [0.25, 0.3) is 0 Å². The van der Waals surface area contributed by atoms with E-state index in [4.69, 9.17) is 11.6 Å². The van der Waals surface area contributed by atoms with E-state index in [1.54, 1.807) is 0 Å². The average Bonchev–Trinajstić information content (AvgIpc) is 2.49. The molecule has 2 aromatic carbocycles. The monoisotopic (exact) mass is 316 g/mol. The van der Waals surface area contributed by atoms with Crippen LogP contribution in [0.15, 0.2) is 42.5 Å². The van der Waals surface area contributed by atoms with Crippen molar-refractivity contribution in [1.82, 2.24) is 5.32 Å². The van der Waals surface area contributed by atoms with Crippen LogP contribution in [-0.2, 0) is 4.79 Å². The van der Waals surface area contributed by atoms with E-state index in [0.29, 0.717) is 5.02 Å². The molecular weight excluding hydrogens is 296 g/mol. The fraction of sp³-hybridized carbons (Fsp3) is 0.278. The predicted octanol–water partition coefficient (Wildman–Crippen LogP) is 4.25. The minimum atomic E-state index is -0.0532. The summed E-state index contributed by atoms with van der Waals surface area (Å²) in [5, 5.41) is 6.85. The van der Waals surface area contributed by atoms with Crippen LogP contribution in [0.25, 0.3) is 0 Å². The second-order valence-electron chi connectivity index (χ2n) is 5.45. The normalized spacial score (nSPS) is 12.0. The maximum absolute atomic E-state index is 12.1. The summed E-state index contributed by atoms with van der Waals surface area (Å²) in [6.07, 6.45) is 0. The summed E-state index contributed by atoms with van der Waals surface area (Å²) in [6.45, 7) is 6.30. The van der Waals surface area contributed by atoms with Crippen LogP contribution in [0.5, 0.6) is 0 Å². The maximum Gasteiger partial charge on any atom is 0.238 e. The van der Waals surface area contributed by atoms with Crippen LogP contribution in [0.4, 0.5) is 5.69 Å². The first-order chi connectivity index (χ1) is 10.5. The van der Waals surface area contributed by atoms with Gasteiger partial charge in [0, 0.05) is 16.8 Å². The van der Waals surface area contributed by atoms with Crippen molar-refractivity contribution in [1.29, 1.82) is 0 Å². The van der Waals surface area contributed by atoms with Gasteiger partial charge in [0.15, 0.2) is 0 Å². The number of amides is 1. The van der Waals surface area contributed by atoms with E-state index in [0.717, 1.165) is 22.4 Å². The maximum atomic E-state index is 12.1. The number of nitrogens with one attached hydrogen (secondary N) is 2. The first-order valence-corrected chi connectivity index (χ1v) is 7.70. The van der Waals surface area contributed by atoms with Crippen LogP contribution < -0.4 is 10.6 Å². The number of halogens is 1. The minimum absolute atomic E-state index is 0.0532. The van der Waals surface area contributed by atoms with Gasteiger partial charge in [0.1, 0.15) is 0 Å². The number of aryl methyl sites for hydroxylation is 1. The van der Waals surface area contributed by atoms with E-state index in [1.807, 2.05) is 63.2 Å². The molecule has 2 N–H and O–H groups in total. The summed E-state index contributed by atoms with van der Waals surface area (Å²) < 4.78 is 0. The number of anilines is 1. The Hall–Kier alpha value is -1.84. The molecule has 0 heterocycles. The molecule has 116 valence electrons. The van der Waals surface area contributed by atoms with Crippen molar-refractivity contribution in [2.75, 3.05) is 11.9 Å². The molecule has 0 bridgehead atoms. The summed E-state index contributed by atoms with van der Waals surface area (Å²) >= 11 is 5.98.